The van der Waals surface area contributed by atoms with E-state index in [1.807, 2.05) is 26.0 Å². The summed E-state index contributed by atoms with van der Waals surface area (Å²) in [4.78, 5) is 0. The third-order valence-corrected chi connectivity index (χ3v) is 5.60. The molecule has 0 aliphatic carbocycles. The number of nitrogens with zero attached hydrogens (tertiary/aromatic N) is 1. The number of nitrogens with one attached hydrogen (secondary N) is 1. The molecule has 0 saturated carbocycles. The molecule has 0 bridgehead atoms. The second-order valence-corrected chi connectivity index (χ2v) is 7.13. The van der Waals surface area contributed by atoms with Crippen LogP contribution in [0, 0.1) is 0 Å². The fourth-order valence-corrected chi connectivity index (χ4v) is 4.28. The van der Waals surface area contributed by atoms with Crippen molar-refractivity contribution < 1.29 is 8.42 Å². The zero-order valence-electron chi connectivity index (χ0n) is 12.0. The van der Waals surface area contributed by atoms with Crippen molar-refractivity contribution >= 4 is 15.9 Å². The molecule has 1 aliphatic rings. The van der Waals surface area contributed by atoms with Gasteiger partial charge in [-0.25, -0.2) is 0 Å². The summed E-state index contributed by atoms with van der Waals surface area (Å²) in [6.45, 7) is 4.39. The lowest BCUT2D eigenvalue weighted by atomic mass is 10.1. The van der Waals surface area contributed by atoms with Gasteiger partial charge in [-0.2, -0.15) is 17.4 Å². The highest BCUT2D eigenvalue weighted by atomic mass is 32.2. The van der Waals surface area contributed by atoms with Crippen molar-refractivity contribution in [3.05, 3.63) is 29.8 Å². The first kappa shape index (κ1) is 15.3. The molecule has 0 radical (unpaired) electrons. The average Bonchev–Trinajstić information content (AvgIpc) is 2.38. The summed E-state index contributed by atoms with van der Waals surface area (Å²) < 4.78 is 29.2. The van der Waals surface area contributed by atoms with Crippen LogP contribution in [0.3, 0.4) is 0 Å². The Kier molecular flexibility index (Phi) is 4.67. The number of benzene rings is 1. The van der Waals surface area contributed by atoms with Gasteiger partial charge in [-0.3, -0.25) is 0 Å². The normalized spacial score (nSPS) is 22.6. The quantitative estimate of drug-likeness (QED) is 0.835. The number of hydrogen-bond donors (Lipinski definition) is 2. The molecule has 2 unspecified atom stereocenters. The van der Waals surface area contributed by atoms with Gasteiger partial charge in [-0.15, -0.1) is 0 Å². The van der Waals surface area contributed by atoms with E-state index in [4.69, 9.17) is 5.73 Å². The van der Waals surface area contributed by atoms with E-state index in [1.54, 1.807) is 16.4 Å². The topological polar surface area (TPSA) is 75.4 Å². The summed E-state index contributed by atoms with van der Waals surface area (Å²) >= 11 is 0. The van der Waals surface area contributed by atoms with Crippen molar-refractivity contribution in [3.8, 4) is 0 Å². The van der Waals surface area contributed by atoms with E-state index >= 15 is 0 Å². The highest BCUT2D eigenvalue weighted by Gasteiger charge is 2.30. The van der Waals surface area contributed by atoms with Crippen LogP contribution in [0.5, 0.6) is 0 Å². The Morgan fingerprint density at radius 3 is 2.80 bits per heavy atom. The summed E-state index contributed by atoms with van der Waals surface area (Å²) in [7, 11) is -3.45. The van der Waals surface area contributed by atoms with Crippen LogP contribution in [0.1, 0.15) is 44.7 Å². The molecule has 1 aliphatic heterocycles. The van der Waals surface area contributed by atoms with Crippen LogP contribution in [-0.4, -0.2) is 25.3 Å². The molecule has 20 heavy (non-hydrogen) atoms. The van der Waals surface area contributed by atoms with Crippen molar-refractivity contribution in [1.29, 1.82) is 0 Å². The molecular weight excluding hydrogens is 274 g/mol. The largest absolute Gasteiger partial charge is 0.399 e. The van der Waals surface area contributed by atoms with Crippen LogP contribution in [0.15, 0.2) is 24.3 Å². The molecule has 5 nitrogen and oxygen atoms in total. The van der Waals surface area contributed by atoms with Gasteiger partial charge in [0, 0.05) is 24.3 Å². The molecule has 112 valence electrons. The standard InChI is InChI=1S/C14H23N3O2S/c1-11-6-3-4-9-17(11)20(18,19)16-12(2)13-7-5-8-14(15)10-13/h5,7-8,10-12,16H,3-4,6,9,15H2,1-2H3. The van der Waals surface area contributed by atoms with E-state index in [-0.39, 0.29) is 12.1 Å². The molecule has 2 atom stereocenters. The average molecular weight is 297 g/mol. The number of anilines is 1. The van der Waals surface area contributed by atoms with E-state index < -0.39 is 10.2 Å². The van der Waals surface area contributed by atoms with Gasteiger partial charge in [-0.1, -0.05) is 18.6 Å². The molecule has 1 aromatic carbocycles. The van der Waals surface area contributed by atoms with Crippen LogP contribution in [0.25, 0.3) is 0 Å². The molecule has 0 amide bonds. The molecule has 0 aromatic heterocycles. The molecular formula is C14H23N3O2S. The number of rotatable bonds is 4. The summed E-state index contributed by atoms with van der Waals surface area (Å²) in [5.41, 5.74) is 7.25. The molecule has 2 rings (SSSR count). The highest BCUT2D eigenvalue weighted by Crippen LogP contribution is 2.22. The number of nitrogen functional groups attached to an aromatic ring is 1. The van der Waals surface area contributed by atoms with Crippen molar-refractivity contribution in [2.75, 3.05) is 12.3 Å². The first-order chi connectivity index (χ1) is 9.40. The van der Waals surface area contributed by atoms with Crippen LogP contribution in [-0.2, 0) is 10.2 Å². The predicted molar refractivity (Wildman–Crippen MR) is 81.3 cm³/mol. The van der Waals surface area contributed by atoms with Gasteiger partial charge >= 0.3 is 0 Å². The minimum atomic E-state index is -3.45. The maximum Gasteiger partial charge on any atom is 0.280 e. The van der Waals surface area contributed by atoms with Gasteiger partial charge in [-0.05, 0) is 44.4 Å². The fourth-order valence-electron chi connectivity index (χ4n) is 2.62. The number of hydrogen-bond acceptors (Lipinski definition) is 3. The van der Waals surface area contributed by atoms with E-state index in [2.05, 4.69) is 4.72 Å². The zero-order chi connectivity index (χ0) is 14.8. The number of nitrogens with two attached hydrogens (primary N) is 1. The van der Waals surface area contributed by atoms with Crippen molar-refractivity contribution in [3.63, 3.8) is 0 Å². The zero-order valence-corrected chi connectivity index (χ0v) is 12.9. The molecule has 6 heteroatoms. The maximum absolute atomic E-state index is 12.4. The first-order valence-electron chi connectivity index (χ1n) is 7.04. The SMILES string of the molecule is CC(NS(=O)(=O)N1CCCCC1C)c1cccc(N)c1. The number of piperidine rings is 1. The van der Waals surface area contributed by atoms with Crippen LogP contribution in [0.2, 0.25) is 0 Å². The van der Waals surface area contributed by atoms with E-state index in [0.29, 0.717) is 12.2 Å². The predicted octanol–water partition coefficient (Wildman–Crippen LogP) is 2.04. The van der Waals surface area contributed by atoms with E-state index in [9.17, 15) is 8.42 Å². The maximum atomic E-state index is 12.4. The minimum Gasteiger partial charge on any atom is -0.399 e. The molecule has 3 N–H and O–H groups in total. The Hall–Kier alpha value is -1.11. The van der Waals surface area contributed by atoms with E-state index in [1.165, 1.54) is 0 Å². The lowest BCUT2D eigenvalue weighted by Gasteiger charge is -2.33. The second kappa shape index (κ2) is 6.11. The first-order valence-corrected chi connectivity index (χ1v) is 8.48. The Morgan fingerprint density at radius 2 is 2.15 bits per heavy atom. The Labute approximate surface area is 121 Å². The molecule has 1 fully saturated rings. The molecule has 1 aromatic rings. The van der Waals surface area contributed by atoms with Gasteiger partial charge in [0.05, 0.1) is 0 Å². The fraction of sp³-hybridized carbons (Fsp3) is 0.571. The second-order valence-electron chi connectivity index (χ2n) is 5.47. The lowest BCUT2D eigenvalue weighted by molar-refractivity contribution is 0.264. The third kappa shape index (κ3) is 3.50. The monoisotopic (exact) mass is 297 g/mol. The van der Waals surface area contributed by atoms with Crippen LogP contribution < -0.4 is 10.5 Å². The third-order valence-electron chi connectivity index (χ3n) is 3.79. The summed E-state index contributed by atoms with van der Waals surface area (Å²) in [5.74, 6) is 0. The van der Waals surface area contributed by atoms with Crippen molar-refractivity contribution in [2.24, 2.45) is 0 Å². The van der Waals surface area contributed by atoms with Crippen LogP contribution in [0.4, 0.5) is 5.69 Å². The van der Waals surface area contributed by atoms with Crippen LogP contribution >= 0.6 is 0 Å². The summed E-state index contributed by atoms with van der Waals surface area (Å²) in [6.07, 6.45) is 2.95. The van der Waals surface area contributed by atoms with Gasteiger partial charge in [0.25, 0.3) is 10.2 Å². The smallest absolute Gasteiger partial charge is 0.280 e. The Bertz CT molecular complexity index is 559. The van der Waals surface area contributed by atoms with Crippen molar-refractivity contribution in [2.45, 2.75) is 45.2 Å². The van der Waals surface area contributed by atoms with Gasteiger partial charge in [0.2, 0.25) is 0 Å². The molecule has 1 saturated heterocycles. The summed E-state index contributed by atoms with van der Waals surface area (Å²) in [6, 6.07) is 7.07. The minimum absolute atomic E-state index is 0.0642. The Morgan fingerprint density at radius 1 is 1.40 bits per heavy atom. The highest BCUT2D eigenvalue weighted by molar-refractivity contribution is 7.87. The van der Waals surface area contributed by atoms with Gasteiger partial charge < -0.3 is 5.73 Å². The molecule has 1 heterocycles. The van der Waals surface area contributed by atoms with Gasteiger partial charge in [0.15, 0.2) is 0 Å². The summed E-state index contributed by atoms with van der Waals surface area (Å²) in [5, 5.41) is 0. The lowest BCUT2D eigenvalue weighted by Crippen LogP contribution is -2.48. The van der Waals surface area contributed by atoms with Gasteiger partial charge in [0.1, 0.15) is 0 Å². The Balaban J connectivity index is 2.11. The van der Waals surface area contributed by atoms with E-state index in [0.717, 1.165) is 24.8 Å². The molecule has 0 spiro atoms. The van der Waals surface area contributed by atoms with Crippen molar-refractivity contribution in [1.82, 2.24) is 9.03 Å².